The molecule has 0 fully saturated rings. The molecule has 19 heavy (non-hydrogen) atoms. The Kier molecular flexibility index (Phi) is 7.10. The quantitative estimate of drug-likeness (QED) is 0.604. The number of carboxylic acids is 1. The van der Waals surface area contributed by atoms with Gasteiger partial charge in [0.2, 0.25) is 0 Å². The van der Waals surface area contributed by atoms with Crippen molar-refractivity contribution in [2.45, 2.75) is 25.7 Å². The van der Waals surface area contributed by atoms with Gasteiger partial charge in [0, 0.05) is 6.54 Å². The number of rotatable bonds is 9. The summed E-state index contributed by atoms with van der Waals surface area (Å²) < 4.78 is 0. The van der Waals surface area contributed by atoms with Crippen LogP contribution in [0.25, 0.3) is 0 Å². The molecular weight excluding hydrogens is 262 g/mol. The summed E-state index contributed by atoms with van der Waals surface area (Å²) in [5.41, 5.74) is 5.82. The fourth-order valence-electron chi connectivity index (χ4n) is 1.69. The Morgan fingerprint density at radius 2 is 2.16 bits per heavy atom. The maximum absolute atomic E-state index is 10.9. The molecule has 1 aromatic rings. The zero-order valence-corrected chi connectivity index (χ0v) is 12.0. The lowest BCUT2D eigenvalue weighted by Gasteiger charge is -2.07. The van der Waals surface area contributed by atoms with Crippen molar-refractivity contribution in [1.29, 1.82) is 0 Å². The fourth-order valence-corrected chi connectivity index (χ4v) is 2.18. The number of thioether (sulfide) groups is 1. The number of hydrogen-bond acceptors (Lipinski definition) is 5. The second-order valence-corrected chi connectivity index (χ2v) is 5.28. The van der Waals surface area contributed by atoms with Gasteiger partial charge in [0.25, 0.3) is 0 Å². The van der Waals surface area contributed by atoms with Gasteiger partial charge in [-0.25, -0.2) is 9.78 Å². The van der Waals surface area contributed by atoms with Crippen LogP contribution in [-0.2, 0) is 0 Å². The first-order valence-electron chi connectivity index (χ1n) is 6.36. The van der Waals surface area contributed by atoms with Crippen LogP contribution in [0.3, 0.4) is 0 Å². The number of nitrogens with two attached hydrogens (primary N) is 1. The van der Waals surface area contributed by atoms with E-state index in [0.29, 0.717) is 5.82 Å². The maximum Gasteiger partial charge on any atom is 0.337 e. The van der Waals surface area contributed by atoms with Crippen LogP contribution >= 0.6 is 11.8 Å². The van der Waals surface area contributed by atoms with E-state index in [9.17, 15) is 4.79 Å². The highest BCUT2D eigenvalue weighted by molar-refractivity contribution is 7.98. The highest BCUT2D eigenvalue weighted by Crippen LogP contribution is 2.15. The molecule has 0 unspecified atom stereocenters. The molecule has 106 valence electrons. The standard InChI is InChI=1S/C13H21N3O2S/c1-19-7-5-3-2-4-6-15-12-8-10(13(17)18)11(14)9-16-12/h8-9H,2-7,14H2,1H3,(H,15,16)(H,17,18). The number of unbranched alkanes of at least 4 members (excludes halogenated alkanes) is 3. The molecule has 0 spiro atoms. The van der Waals surface area contributed by atoms with Crippen LogP contribution in [0.2, 0.25) is 0 Å². The molecule has 0 aliphatic carbocycles. The third-order valence-electron chi connectivity index (χ3n) is 2.75. The molecule has 5 nitrogen and oxygen atoms in total. The molecular formula is C13H21N3O2S. The Morgan fingerprint density at radius 3 is 2.84 bits per heavy atom. The number of hydrogen-bond donors (Lipinski definition) is 3. The van der Waals surface area contributed by atoms with Gasteiger partial charge < -0.3 is 16.2 Å². The number of carbonyl (C=O) groups is 1. The predicted octanol–water partition coefficient (Wildman–Crippen LogP) is 2.70. The molecule has 1 aromatic heterocycles. The molecule has 0 aromatic carbocycles. The minimum absolute atomic E-state index is 0.0949. The highest BCUT2D eigenvalue weighted by Gasteiger charge is 2.09. The topological polar surface area (TPSA) is 88.2 Å². The lowest BCUT2D eigenvalue weighted by Crippen LogP contribution is -2.08. The summed E-state index contributed by atoms with van der Waals surface area (Å²) in [6.45, 7) is 0.801. The van der Waals surface area contributed by atoms with Crippen molar-refractivity contribution >= 4 is 29.2 Å². The van der Waals surface area contributed by atoms with E-state index in [1.54, 1.807) is 0 Å². The van der Waals surface area contributed by atoms with E-state index in [1.165, 1.54) is 37.3 Å². The fraction of sp³-hybridized carbons (Fsp3) is 0.538. The van der Waals surface area contributed by atoms with E-state index in [0.717, 1.165) is 13.0 Å². The van der Waals surface area contributed by atoms with Gasteiger partial charge >= 0.3 is 5.97 Å². The van der Waals surface area contributed by atoms with E-state index in [1.807, 2.05) is 11.8 Å². The van der Waals surface area contributed by atoms with Crippen LogP contribution in [0.5, 0.6) is 0 Å². The number of aromatic carboxylic acids is 1. The minimum Gasteiger partial charge on any atom is -0.478 e. The second-order valence-electron chi connectivity index (χ2n) is 4.30. The van der Waals surface area contributed by atoms with Crippen LogP contribution in [0, 0.1) is 0 Å². The number of carboxylic acid groups (broad SMARTS) is 1. The van der Waals surface area contributed by atoms with Crippen LogP contribution in [0.15, 0.2) is 12.3 Å². The van der Waals surface area contributed by atoms with Gasteiger partial charge in [0.1, 0.15) is 5.82 Å². The summed E-state index contributed by atoms with van der Waals surface area (Å²) in [6.07, 6.45) is 8.22. The Bertz CT molecular complexity index is 413. The predicted molar refractivity (Wildman–Crippen MR) is 80.9 cm³/mol. The molecule has 0 saturated carbocycles. The Morgan fingerprint density at radius 1 is 1.42 bits per heavy atom. The summed E-state index contributed by atoms with van der Waals surface area (Å²) >= 11 is 1.87. The molecule has 0 atom stereocenters. The highest BCUT2D eigenvalue weighted by atomic mass is 32.2. The molecule has 0 aliphatic rings. The van der Waals surface area contributed by atoms with Crippen molar-refractivity contribution in [3.63, 3.8) is 0 Å². The maximum atomic E-state index is 10.9. The average Bonchev–Trinajstić information content (AvgIpc) is 2.39. The van der Waals surface area contributed by atoms with E-state index in [-0.39, 0.29) is 11.3 Å². The van der Waals surface area contributed by atoms with E-state index in [4.69, 9.17) is 10.8 Å². The molecule has 6 heteroatoms. The Balaban J connectivity index is 2.30. The van der Waals surface area contributed by atoms with Crippen molar-refractivity contribution in [1.82, 2.24) is 4.98 Å². The van der Waals surface area contributed by atoms with E-state index >= 15 is 0 Å². The number of nitrogen functional groups attached to an aromatic ring is 1. The van der Waals surface area contributed by atoms with Gasteiger partial charge in [-0.3, -0.25) is 0 Å². The number of anilines is 2. The summed E-state index contributed by atoms with van der Waals surface area (Å²) in [5.74, 6) is 0.755. The SMILES string of the molecule is CSCCCCCCNc1cc(C(=O)O)c(N)cn1. The molecule has 0 aliphatic heterocycles. The van der Waals surface area contributed by atoms with Crippen molar-refractivity contribution in [2.24, 2.45) is 0 Å². The third kappa shape index (κ3) is 5.83. The van der Waals surface area contributed by atoms with E-state index in [2.05, 4.69) is 16.6 Å². The van der Waals surface area contributed by atoms with Gasteiger partial charge in [-0.05, 0) is 30.9 Å². The minimum atomic E-state index is -1.03. The first-order valence-corrected chi connectivity index (χ1v) is 7.76. The number of pyridine rings is 1. The summed E-state index contributed by atoms with van der Waals surface area (Å²) in [5, 5.41) is 12.1. The second kappa shape index (κ2) is 8.63. The molecule has 1 heterocycles. The number of nitrogens with one attached hydrogen (secondary N) is 1. The molecule has 0 radical (unpaired) electrons. The summed E-state index contributed by atoms with van der Waals surface area (Å²) in [4.78, 5) is 15.0. The largest absolute Gasteiger partial charge is 0.478 e. The van der Waals surface area contributed by atoms with Crippen molar-refractivity contribution in [3.05, 3.63) is 17.8 Å². The first-order chi connectivity index (χ1) is 9.15. The van der Waals surface area contributed by atoms with E-state index < -0.39 is 5.97 Å². The Hall–Kier alpha value is -1.43. The van der Waals surface area contributed by atoms with Crippen molar-refractivity contribution in [3.8, 4) is 0 Å². The summed E-state index contributed by atoms with van der Waals surface area (Å²) in [6, 6.07) is 1.48. The molecule has 0 amide bonds. The van der Waals surface area contributed by atoms with Gasteiger partial charge in [0.15, 0.2) is 0 Å². The number of aromatic nitrogens is 1. The zero-order valence-electron chi connectivity index (χ0n) is 11.2. The van der Waals surface area contributed by atoms with Gasteiger partial charge in [-0.2, -0.15) is 11.8 Å². The van der Waals surface area contributed by atoms with Crippen molar-refractivity contribution < 1.29 is 9.90 Å². The lowest BCUT2D eigenvalue weighted by molar-refractivity contribution is 0.0698. The smallest absolute Gasteiger partial charge is 0.337 e. The van der Waals surface area contributed by atoms with Gasteiger partial charge in [-0.1, -0.05) is 12.8 Å². The van der Waals surface area contributed by atoms with Crippen LogP contribution < -0.4 is 11.1 Å². The Labute approximate surface area is 118 Å². The zero-order chi connectivity index (χ0) is 14.1. The lowest BCUT2D eigenvalue weighted by atomic mass is 10.2. The molecule has 0 bridgehead atoms. The molecule has 4 N–H and O–H groups in total. The van der Waals surface area contributed by atoms with Crippen molar-refractivity contribution in [2.75, 3.05) is 29.6 Å². The van der Waals surface area contributed by atoms with Gasteiger partial charge in [0.05, 0.1) is 17.4 Å². The van der Waals surface area contributed by atoms with Crippen LogP contribution in [0.4, 0.5) is 11.5 Å². The normalized spacial score (nSPS) is 10.4. The molecule has 0 saturated heterocycles. The van der Waals surface area contributed by atoms with Gasteiger partial charge in [-0.15, -0.1) is 0 Å². The summed E-state index contributed by atoms with van der Waals surface area (Å²) in [7, 11) is 0. The molecule has 1 rings (SSSR count). The number of nitrogens with zero attached hydrogens (tertiary/aromatic N) is 1. The third-order valence-corrected chi connectivity index (χ3v) is 3.44. The first kappa shape index (κ1) is 15.6. The average molecular weight is 283 g/mol. The van der Waals surface area contributed by atoms with Crippen LogP contribution in [-0.4, -0.2) is 34.6 Å². The van der Waals surface area contributed by atoms with Crippen LogP contribution in [0.1, 0.15) is 36.0 Å². The monoisotopic (exact) mass is 283 g/mol.